The van der Waals surface area contributed by atoms with Crippen LogP contribution in [0.4, 0.5) is 0 Å². The van der Waals surface area contributed by atoms with Crippen LogP contribution in [0.15, 0.2) is 0 Å². The van der Waals surface area contributed by atoms with Crippen molar-refractivity contribution in [3.63, 3.8) is 0 Å². The Labute approximate surface area is 75.7 Å². The monoisotopic (exact) mass is 173 g/mol. The van der Waals surface area contributed by atoms with Crippen molar-refractivity contribution in [2.75, 3.05) is 13.1 Å². The van der Waals surface area contributed by atoms with Crippen LogP contribution in [0, 0.1) is 11.8 Å². The van der Waals surface area contributed by atoms with E-state index in [1.165, 1.54) is 32.4 Å². The Morgan fingerprint density at radius 1 is 1.64 bits per heavy atom. The van der Waals surface area contributed by atoms with Gasteiger partial charge in [-0.25, -0.2) is 0 Å². The maximum Gasteiger partial charge on any atom is 0.0118 e. The fourth-order valence-corrected chi connectivity index (χ4v) is 2.14. The van der Waals surface area contributed by atoms with E-state index in [0.29, 0.717) is 0 Å². The quantitative estimate of drug-likeness (QED) is 0.628. The van der Waals surface area contributed by atoms with Crippen LogP contribution in [0.25, 0.3) is 0 Å². The number of piperidine rings is 1. The SMILES string of the molecule is CCC(C)C1CCCN(S)C1. The molecule has 1 aliphatic heterocycles. The van der Waals surface area contributed by atoms with E-state index in [1.54, 1.807) is 0 Å². The maximum atomic E-state index is 4.39. The summed E-state index contributed by atoms with van der Waals surface area (Å²) in [6.07, 6.45) is 4.05. The van der Waals surface area contributed by atoms with Gasteiger partial charge >= 0.3 is 0 Å². The van der Waals surface area contributed by atoms with Crippen molar-refractivity contribution in [3.8, 4) is 0 Å². The summed E-state index contributed by atoms with van der Waals surface area (Å²) in [6, 6.07) is 0. The third kappa shape index (κ3) is 2.68. The molecule has 1 saturated heterocycles. The molecule has 1 fully saturated rings. The zero-order chi connectivity index (χ0) is 8.27. The lowest BCUT2D eigenvalue weighted by molar-refractivity contribution is 0.218. The summed E-state index contributed by atoms with van der Waals surface area (Å²) < 4.78 is 2.17. The Morgan fingerprint density at radius 2 is 2.36 bits per heavy atom. The molecular formula is C9H19NS. The summed E-state index contributed by atoms with van der Waals surface area (Å²) >= 11 is 4.39. The molecule has 0 radical (unpaired) electrons. The zero-order valence-electron chi connectivity index (χ0n) is 7.58. The van der Waals surface area contributed by atoms with Crippen LogP contribution < -0.4 is 0 Å². The van der Waals surface area contributed by atoms with Crippen molar-refractivity contribution in [2.24, 2.45) is 11.8 Å². The molecule has 1 heterocycles. The maximum absolute atomic E-state index is 4.39. The van der Waals surface area contributed by atoms with Crippen LogP contribution in [0.5, 0.6) is 0 Å². The van der Waals surface area contributed by atoms with Gasteiger partial charge in [0.2, 0.25) is 0 Å². The Bertz CT molecular complexity index is 116. The molecule has 0 spiro atoms. The molecule has 11 heavy (non-hydrogen) atoms. The lowest BCUT2D eigenvalue weighted by Gasteiger charge is -2.32. The minimum absolute atomic E-state index is 0.880. The minimum atomic E-state index is 0.880. The normalized spacial score (nSPS) is 30.3. The number of hydrogen-bond donors (Lipinski definition) is 1. The van der Waals surface area contributed by atoms with Crippen molar-refractivity contribution >= 4 is 12.8 Å². The van der Waals surface area contributed by atoms with Crippen molar-refractivity contribution in [3.05, 3.63) is 0 Å². The second-order valence-electron chi connectivity index (χ2n) is 3.70. The fraction of sp³-hybridized carbons (Fsp3) is 1.00. The second kappa shape index (κ2) is 4.36. The van der Waals surface area contributed by atoms with Crippen LogP contribution in [-0.2, 0) is 0 Å². The number of thiol groups is 1. The summed E-state index contributed by atoms with van der Waals surface area (Å²) in [7, 11) is 0. The van der Waals surface area contributed by atoms with E-state index in [4.69, 9.17) is 0 Å². The summed E-state index contributed by atoms with van der Waals surface area (Å²) in [5.74, 6) is 1.77. The highest BCUT2D eigenvalue weighted by atomic mass is 32.1. The Balaban J connectivity index is 2.33. The Kier molecular flexibility index (Phi) is 3.73. The van der Waals surface area contributed by atoms with E-state index in [9.17, 15) is 0 Å². The Morgan fingerprint density at radius 3 is 2.91 bits per heavy atom. The molecule has 0 saturated carbocycles. The van der Waals surface area contributed by atoms with Crippen LogP contribution in [0.3, 0.4) is 0 Å². The van der Waals surface area contributed by atoms with Gasteiger partial charge in [-0.1, -0.05) is 33.1 Å². The van der Waals surface area contributed by atoms with E-state index in [-0.39, 0.29) is 0 Å². The molecule has 0 N–H and O–H groups in total. The molecule has 2 atom stereocenters. The third-order valence-electron chi connectivity index (χ3n) is 2.89. The predicted molar refractivity (Wildman–Crippen MR) is 52.7 cm³/mol. The molecule has 1 rings (SSSR count). The first kappa shape index (κ1) is 9.40. The first-order valence-electron chi connectivity index (χ1n) is 4.67. The van der Waals surface area contributed by atoms with E-state index in [0.717, 1.165) is 11.8 Å². The first-order valence-corrected chi connectivity index (χ1v) is 5.07. The lowest BCUT2D eigenvalue weighted by atomic mass is 9.86. The van der Waals surface area contributed by atoms with Crippen LogP contribution in [-0.4, -0.2) is 17.4 Å². The van der Waals surface area contributed by atoms with Crippen LogP contribution >= 0.6 is 12.8 Å². The fourth-order valence-electron chi connectivity index (χ4n) is 1.79. The highest BCUT2D eigenvalue weighted by Gasteiger charge is 2.21. The van der Waals surface area contributed by atoms with Gasteiger partial charge < -0.3 is 0 Å². The second-order valence-corrected chi connectivity index (χ2v) is 4.27. The lowest BCUT2D eigenvalue weighted by Crippen LogP contribution is -2.31. The standard InChI is InChI=1S/C9H19NS/c1-3-8(2)9-5-4-6-10(11)7-9/h8-9,11H,3-7H2,1-2H3. The number of rotatable bonds is 2. The van der Waals surface area contributed by atoms with E-state index in [1.807, 2.05) is 0 Å². The van der Waals surface area contributed by atoms with Crippen LogP contribution in [0.2, 0.25) is 0 Å². The van der Waals surface area contributed by atoms with Gasteiger partial charge in [0.05, 0.1) is 0 Å². The topological polar surface area (TPSA) is 3.24 Å². The van der Waals surface area contributed by atoms with Gasteiger partial charge in [0.15, 0.2) is 0 Å². The third-order valence-corrected chi connectivity index (χ3v) is 3.25. The molecule has 0 aromatic carbocycles. The summed E-state index contributed by atoms with van der Waals surface area (Å²) in [5.41, 5.74) is 0. The highest BCUT2D eigenvalue weighted by molar-refractivity contribution is 7.77. The molecule has 0 bridgehead atoms. The average Bonchev–Trinajstić information content (AvgIpc) is 2.03. The zero-order valence-corrected chi connectivity index (χ0v) is 8.48. The predicted octanol–water partition coefficient (Wildman–Crippen LogP) is 2.59. The van der Waals surface area contributed by atoms with Gasteiger partial charge in [-0.2, -0.15) is 0 Å². The van der Waals surface area contributed by atoms with Crippen LogP contribution in [0.1, 0.15) is 33.1 Å². The molecule has 0 aromatic rings. The number of hydrogen-bond acceptors (Lipinski definition) is 2. The summed E-state index contributed by atoms with van der Waals surface area (Å²) in [4.78, 5) is 0. The van der Waals surface area contributed by atoms with E-state index >= 15 is 0 Å². The molecule has 0 amide bonds. The average molecular weight is 173 g/mol. The molecule has 0 aromatic heterocycles. The van der Waals surface area contributed by atoms with E-state index < -0.39 is 0 Å². The van der Waals surface area contributed by atoms with Gasteiger partial charge in [-0.15, -0.1) is 0 Å². The van der Waals surface area contributed by atoms with Gasteiger partial charge in [0.1, 0.15) is 0 Å². The largest absolute Gasteiger partial charge is 0.253 e. The van der Waals surface area contributed by atoms with Gasteiger partial charge in [-0.05, 0) is 24.7 Å². The van der Waals surface area contributed by atoms with Gasteiger partial charge in [0, 0.05) is 13.1 Å². The molecule has 66 valence electrons. The molecule has 0 aliphatic carbocycles. The van der Waals surface area contributed by atoms with Gasteiger partial charge in [0.25, 0.3) is 0 Å². The van der Waals surface area contributed by atoms with Crippen molar-refractivity contribution in [2.45, 2.75) is 33.1 Å². The van der Waals surface area contributed by atoms with Crippen molar-refractivity contribution in [1.29, 1.82) is 0 Å². The molecule has 1 nitrogen and oxygen atoms in total. The van der Waals surface area contributed by atoms with Crippen molar-refractivity contribution in [1.82, 2.24) is 4.31 Å². The molecule has 2 heteroatoms. The smallest absolute Gasteiger partial charge is 0.0118 e. The number of nitrogens with zero attached hydrogens (tertiary/aromatic N) is 1. The summed E-state index contributed by atoms with van der Waals surface area (Å²) in [5, 5.41) is 0. The highest BCUT2D eigenvalue weighted by Crippen LogP contribution is 2.26. The van der Waals surface area contributed by atoms with Gasteiger partial charge in [-0.3, -0.25) is 4.31 Å². The molecule has 1 aliphatic rings. The molecule has 2 unspecified atom stereocenters. The Hall–Kier alpha value is 0.310. The first-order chi connectivity index (χ1) is 5.24. The minimum Gasteiger partial charge on any atom is -0.253 e. The summed E-state index contributed by atoms with van der Waals surface area (Å²) in [6.45, 7) is 7.01. The molecular weight excluding hydrogens is 154 g/mol. The van der Waals surface area contributed by atoms with Crippen molar-refractivity contribution < 1.29 is 0 Å². The van der Waals surface area contributed by atoms with E-state index in [2.05, 4.69) is 31.0 Å².